The Morgan fingerprint density at radius 2 is 1.91 bits per heavy atom. The van der Waals surface area contributed by atoms with E-state index in [2.05, 4.69) is 54.9 Å². The molecule has 1 aromatic carbocycles. The van der Waals surface area contributed by atoms with Crippen LogP contribution >= 0.6 is 39.1 Å². The molecule has 176 valence electrons. The quantitative estimate of drug-likeness (QED) is 0.244. The molecule has 2 unspecified atom stereocenters. The monoisotopic (exact) mass is 559 g/mol. The van der Waals surface area contributed by atoms with Crippen molar-refractivity contribution in [2.45, 2.75) is 57.1 Å². The van der Waals surface area contributed by atoms with Gasteiger partial charge in [-0.1, -0.05) is 35.3 Å². The standard InChI is InChI=1S/C26H24BrCl2N3O2/c1-26(2)33-22-16(6-4-14-3-5-15-12-18(27)25(29)31-19(15)11-14)13-21(23(22)34-26)32-10-8-17-20(32)7-9-30-24(17)28/h3,5,7-12,16,21-23H,4,6,13H2,1-2H3/t16?,21?,22-,23+/m1/s1. The maximum absolute atomic E-state index is 6.43. The lowest BCUT2D eigenvalue weighted by Crippen LogP contribution is -2.27. The van der Waals surface area contributed by atoms with E-state index in [0.29, 0.717) is 16.2 Å². The van der Waals surface area contributed by atoms with E-state index < -0.39 is 5.79 Å². The first-order valence-corrected chi connectivity index (χ1v) is 13.1. The number of fused-ring (bicyclic) bond motifs is 3. The lowest BCUT2D eigenvalue weighted by molar-refractivity contribution is -0.160. The number of benzene rings is 1. The molecule has 2 fully saturated rings. The van der Waals surface area contributed by atoms with Crippen molar-refractivity contribution in [1.29, 1.82) is 0 Å². The zero-order valence-corrected chi connectivity index (χ0v) is 21.9. The van der Waals surface area contributed by atoms with Crippen LogP contribution in [0.1, 0.15) is 38.3 Å². The predicted octanol–water partition coefficient (Wildman–Crippen LogP) is 7.37. The van der Waals surface area contributed by atoms with E-state index in [-0.39, 0.29) is 18.2 Å². The van der Waals surface area contributed by atoms with Gasteiger partial charge in [-0.3, -0.25) is 0 Å². The number of ether oxygens (including phenoxy) is 2. The van der Waals surface area contributed by atoms with Crippen LogP contribution < -0.4 is 0 Å². The first kappa shape index (κ1) is 22.7. The first-order valence-electron chi connectivity index (χ1n) is 11.5. The fraction of sp³-hybridized carbons (Fsp3) is 0.385. The van der Waals surface area contributed by atoms with Crippen LogP contribution in [0.2, 0.25) is 10.3 Å². The molecule has 1 saturated heterocycles. The topological polar surface area (TPSA) is 49.2 Å². The molecule has 0 amide bonds. The molecule has 2 aliphatic rings. The van der Waals surface area contributed by atoms with Crippen molar-refractivity contribution in [3.05, 3.63) is 69.1 Å². The summed E-state index contributed by atoms with van der Waals surface area (Å²) in [6.45, 7) is 4.01. The van der Waals surface area contributed by atoms with Crippen molar-refractivity contribution in [2.24, 2.45) is 5.92 Å². The van der Waals surface area contributed by atoms with Crippen molar-refractivity contribution in [2.75, 3.05) is 0 Å². The van der Waals surface area contributed by atoms with Crippen molar-refractivity contribution in [1.82, 2.24) is 14.5 Å². The van der Waals surface area contributed by atoms with E-state index in [1.54, 1.807) is 6.20 Å². The number of hydrogen-bond donors (Lipinski definition) is 0. The maximum Gasteiger partial charge on any atom is 0.163 e. The molecule has 0 N–H and O–H groups in total. The second kappa shape index (κ2) is 8.45. The van der Waals surface area contributed by atoms with Crippen LogP contribution in [0.4, 0.5) is 0 Å². The number of pyridine rings is 2. The molecule has 34 heavy (non-hydrogen) atoms. The number of hydrogen-bond acceptors (Lipinski definition) is 4. The van der Waals surface area contributed by atoms with Gasteiger partial charge in [0, 0.05) is 23.2 Å². The summed E-state index contributed by atoms with van der Waals surface area (Å²) in [7, 11) is 0. The van der Waals surface area contributed by atoms with Crippen LogP contribution in [0.5, 0.6) is 0 Å². The Hall–Kier alpha value is -1.70. The molecule has 0 radical (unpaired) electrons. The molecule has 4 heterocycles. The normalized spacial score (nSPS) is 25.9. The Balaban J connectivity index is 1.27. The minimum Gasteiger partial charge on any atom is -0.344 e. The van der Waals surface area contributed by atoms with Crippen molar-refractivity contribution < 1.29 is 9.47 Å². The number of nitrogens with zero attached hydrogens (tertiary/aromatic N) is 3. The van der Waals surface area contributed by atoms with Gasteiger partial charge in [0.25, 0.3) is 0 Å². The first-order chi connectivity index (χ1) is 16.3. The van der Waals surface area contributed by atoms with E-state index in [0.717, 1.165) is 45.5 Å². The Morgan fingerprint density at radius 1 is 1.09 bits per heavy atom. The summed E-state index contributed by atoms with van der Waals surface area (Å²) in [6, 6.07) is 12.7. The number of rotatable bonds is 4. The Bertz CT molecular complexity index is 1410. The van der Waals surface area contributed by atoms with Crippen molar-refractivity contribution >= 4 is 60.9 Å². The van der Waals surface area contributed by atoms with E-state index >= 15 is 0 Å². The second-order valence-electron chi connectivity index (χ2n) is 9.71. The van der Waals surface area contributed by atoms with Gasteiger partial charge in [0.05, 0.1) is 27.7 Å². The highest BCUT2D eigenvalue weighted by Crippen LogP contribution is 2.49. The van der Waals surface area contributed by atoms with Gasteiger partial charge in [0.1, 0.15) is 16.4 Å². The van der Waals surface area contributed by atoms with Gasteiger partial charge in [-0.2, -0.15) is 0 Å². The third kappa shape index (κ3) is 3.94. The van der Waals surface area contributed by atoms with E-state index in [9.17, 15) is 0 Å². The fourth-order valence-electron chi connectivity index (χ4n) is 5.62. The largest absolute Gasteiger partial charge is 0.344 e. The van der Waals surface area contributed by atoms with E-state index in [4.69, 9.17) is 32.7 Å². The Labute approximate surface area is 216 Å². The zero-order valence-electron chi connectivity index (χ0n) is 18.8. The average molecular weight is 561 g/mol. The van der Waals surface area contributed by atoms with Crippen molar-refractivity contribution in [3.8, 4) is 0 Å². The molecule has 4 atom stereocenters. The molecular weight excluding hydrogens is 537 g/mol. The molecule has 1 saturated carbocycles. The highest BCUT2D eigenvalue weighted by molar-refractivity contribution is 9.10. The highest BCUT2D eigenvalue weighted by Gasteiger charge is 2.54. The van der Waals surface area contributed by atoms with E-state index in [1.165, 1.54) is 5.56 Å². The second-order valence-corrected chi connectivity index (χ2v) is 11.3. The highest BCUT2D eigenvalue weighted by atomic mass is 79.9. The van der Waals surface area contributed by atoms with Crippen LogP contribution in [-0.4, -0.2) is 32.5 Å². The van der Waals surface area contributed by atoms with Gasteiger partial charge >= 0.3 is 0 Å². The number of aromatic nitrogens is 3. The van der Waals surface area contributed by atoms with Gasteiger partial charge in [-0.15, -0.1) is 0 Å². The summed E-state index contributed by atoms with van der Waals surface area (Å²) < 4.78 is 16.0. The molecule has 3 aromatic heterocycles. The molecule has 0 spiro atoms. The summed E-state index contributed by atoms with van der Waals surface area (Å²) in [5.41, 5.74) is 3.25. The molecule has 4 aromatic rings. The average Bonchev–Trinajstić information content (AvgIpc) is 3.45. The molecule has 0 bridgehead atoms. The lowest BCUT2D eigenvalue weighted by atomic mass is 9.95. The summed E-state index contributed by atoms with van der Waals surface area (Å²) in [5.74, 6) is -0.213. The minimum absolute atomic E-state index is 0.00281. The fourth-order valence-corrected chi connectivity index (χ4v) is 6.32. The number of halogens is 3. The summed E-state index contributed by atoms with van der Waals surface area (Å²) in [4.78, 5) is 8.75. The van der Waals surface area contributed by atoms with E-state index in [1.807, 2.05) is 32.0 Å². The molecule has 5 nitrogen and oxygen atoms in total. The minimum atomic E-state index is -0.592. The Morgan fingerprint density at radius 3 is 2.76 bits per heavy atom. The summed E-state index contributed by atoms with van der Waals surface area (Å²) in [5, 5.41) is 3.06. The summed E-state index contributed by atoms with van der Waals surface area (Å²) in [6.07, 6.45) is 6.86. The zero-order chi connectivity index (χ0) is 23.6. The third-order valence-corrected chi connectivity index (χ3v) is 8.53. The van der Waals surface area contributed by atoms with Crippen LogP contribution in [0.25, 0.3) is 21.8 Å². The van der Waals surface area contributed by atoms with Gasteiger partial charge in [-0.25, -0.2) is 9.97 Å². The van der Waals surface area contributed by atoms with Crippen molar-refractivity contribution in [3.63, 3.8) is 0 Å². The molecule has 8 heteroatoms. The third-order valence-electron chi connectivity index (χ3n) is 7.10. The smallest absolute Gasteiger partial charge is 0.163 e. The SMILES string of the molecule is CC1(C)O[C@@H]2C(CCc3ccc4cc(Br)c(Cl)nc4c3)CC(n3ccc4c(Cl)nccc43)[C@@H]2O1. The summed E-state index contributed by atoms with van der Waals surface area (Å²) >= 11 is 16.0. The van der Waals surface area contributed by atoms with Crippen LogP contribution in [-0.2, 0) is 15.9 Å². The lowest BCUT2D eigenvalue weighted by Gasteiger charge is -2.25. The maximum atomic E-state index is 6.43. The van der Waals surface area contributed by atoms with Crippen LogP contribution in [0.3, 0.4) is 0 Å². The van der Waals surface area contributed by atoms with Gasteiger partial charge in [0.15, 0.2) is 5.79 Å². The number of aryl methyl sites for hydroxylation is 1. The molecule has 1 aliphatic heterocycles. The predicted molar refractivity (Wildman–Crippen MR) is 138 cm³/mol. The van der Waals surface area contributed by atoms with Gasteiger partial charge in [0.2, 0.25) is 0 Å². The Kier molecular flexibility index (Phi) is 5.66. The van der Waals surface area contributed by atoms with Gasteiger partial charge in [-0.05, 0) is 84.8 Å². The van der Waals surface area contributed by atoms with Gasteiger partial charge < -0.3 is 14.0 Å². The molecule has 1 aliphatic carbocycles. The van der Waals surface area contributed by atoms with Crippen LogP contribution in [0.15, 0.2) is 53.3 Å². The van der Waals surface area contributed by atoms with Crippen LogP contribution in [0, 0.1) is 5.92 Å². The molecular formula is C26H24BrCl2N3O2. The molecule has 6 rings (SSSR count).